The molecule has 1 heterocycles. The number of sulfonamides is 1. The van der Waals surface area contributed by atoms with Gasteiger partial charge in [-0.05, 0) is 43.4 Å². The SMILES string of the molecule is CC(C)CNC(=O)C(C)N(CCc1ccccc1)C(=O)CCCN1C(=O)c2ccccc2S1(=O)=O. The van der Waals surface area contributed by atoms with Crippen molar-refractivity contribution in [2.75, 3.05) is 19.6 Å². The Hall–Kier alpha value is -3.20. The Morgan fingerprint density at radius 1 is 1.00 bits per heavy atom. The van der Waals surface area contributed by atoms with E-state index in [4.69, 9.17) is 0 Å². The average Bonchev–Trinajstić information content (AvgIpc) is 3.03. The predicted octanol–water partition coefficient (Wildman–Crippen LogP) is 2.84. The largest absolute Gasteiger partial charge is 0.354 e. The van der Waals surface area contributed by atoms with Gasteiger partial charge in [0.1, 0.15) is 10.9 Å². The summed E-state index contributed by atoms with van der Waals surface area (Å²) in [5.74, 6) is -0.776. The van der Waals surface area contributed by atoms with Crippen LogP contribution in [0.4, 0.5) is 0 Å². The topological polar surface area (TPSA) is 104 Å². The van der Waals surface area contributed by atoms with Crippen LogP contribution in [0.1, 0.15) is 49.5 Å². The van der Waals surface area contributed by atoms with E-state index in [1.165, 1.54) is 17.0 Å². The van der Waals surface area contributed by atoms with Gasteiger partial charge < -0.3 is 10.2 Å². The smallest absolute Gasteiger partial charge is 0.269 e. The van der Waals surface area contributed by atoms with E-state index in [-0.39, 0.29) is 47.6 Å². The molecule has 1 aliphatic rings. The van der Waals surface area contributed by atoms with Gasteiger partial charge in [-0.15, -0.1) is 0 Å². The van der Waals surface area contributed by atoms with Crippen LogP contribution in [0.5, 0.6) is 0 Å². The van der Waals surface area contributed by atoms with Crippen LogP contribution in [0.25, 0.3) is 0 Å². The maximum atomic E-state index is 13.2. The van der Waals surface area contributed by atoms with Crippen LogP contribution < -0.4 is 5.32 Å². The van der Waals surface area contributed by atoms with E-state index in [2.05, 4.69) is 5.32 Å². The van der Waals surface area contributed by atoms with E-state index in [0.717, 1.165) is 9.87 Å². The molecule has 0 radical (unpaired) electrons. The lowest BCUT2D eigenvalue weighted by molar-refractivity contribution is -0.140. The molecule has 2 aromatic carbocycles. The second kappa shape index (κ2) is 11.5. The zero-order valence-electron chi connectivity index (χ0n) is 20.4. The molecule has 0 fully saturated rings. The first-order valence-corrected chi connectivity index (χ1v) is 13.3. The first kappa shape index (κ1) is 26.4. The summed E-state index contributed by atoms with van der Waals surface area (Å²) < 4.78 is 26.3. The quantitative estimate of drug-likeness (QED) is 0.512. The van der Waals surface area contributed by atoms with Crippen LogP contribution in [0, 0.1) is 5.92 Å². The summed E-state index contributed by atoms with van der Waals surface area (Å²) >= 11 is 0. The van der Waals surface area contributed by atoms with Gasteiger partial charge in [0.2, 0.25) is 11.8 Å². The third-order valence-corrected chi connectivity index (χ3v) is 7.84. The highest BCUT2D eigenvalue weighted by Crippen LogP contribution is 2.30. The average molecular weight is 500 g/mol. The van der Waals surface area contributed by atoms with Crippen LogP contribution in [-0.2, 0) is 26.0 Å². The predicted molar refractivity (Wildman–Crippen MR) is 133 cm³/mol. The van der Waals surface area contributed by atoms with Crippen molar-refractivity contribution in [3.8, 4) is 0 Å². The lowest BCUT2D eigenvalue weighted by Gasteiger charge is -2.29. The van der Waals surface area contributed by atoms with E-state index < -0.39 is 22.0 Å². The number of rotatable bonds is 11. The molecule has 3 amide bonds. The number of benzene rings is 2. The number of nitrogens with zero attached hydrogens (tertiary/aromatic N) is 2. The van der Waals surface area contributed by atoms with Gasteiger partial charge in [-0.1, -0.05) is 56.3 Å². The van der Waals surface area contributed by atoms with Gasteiger partial charge in [-0.3, -0.25) is 14.4 Å². The minimum atomic E-state index is -3.91. The monoisotopic (exact) mass is 499 g/mol. The summed E-state index contributed by atoms with van der Waals surface area (Å²) in [4.78, 5) is 40.0. The lowest BCUT2D eigenvalue weighted by atomic mass is 10.1. The Morgan fingerprint density at radius 2 is 1.66 bits per heavy atom. The van der Waals surface area contributed by atoms with Crippen LogP contribution in [-0.4, -0.2) is 61.0 Å². The van der Waals surface area contributed by atoms with E-state index in [1.54, 1.807) is 19.1 Å². The Bertz CT molecular complexity index is 1160. The van der Waals surface area contributed by atoms with Gasteiger partial charge in [-0.25, -0.2) is 12.7 Å². The van der Waals surface area contributed by atoms with Crippen LogP contribution in [0.15, 0.2) is 59.5 Å². The van der Waals surface area contributed by atoms with Crippen molar-refractivity contribution < 1.29 is 22.8 Å². The molecule has 3 rings (SSSR count). The second-order valence-electron chi connectivity index (χ2n) is 9.12. The highest BCUT2D eigenvalue weighted by atomic mass is 32.2. The molecule has 188 valence electrons. The summed E-state index contributed by atoms with van der Waals surface area (Å²) in [6.45, 7) is 6.46. The van der Waals surface area contributed by atoms with Crippen molar-refractivity contribution in [3.63, 3.8) is 0 Å². The van der Waals surface area contributed by atoms with E-state index in [1.807, 2.05) is 44.2 Å². The third-order valence-electron chi connectivity index (χ3n) is 6.00. The zero-order chi connectivity index (χ0) is 25.6. The van der Waals surface area contributed by atoms with Gasteiger partial charge in [0, 0.05) is 26.1 Å². The number of amides is 3. The van der Waals surface area contributed by atoms with Gasteiger partial charge in [0.25, 0.3) is 15.9 Å². The molecule has 0 aliphatic carbocycles. The second-order valence-corrected chi connectivity index (χ2v) is 11.0. The van der Waals surface area contributed by atoms with E-state index in [0.29, 0.717) is 19.5 Å². The Balaban J connectivity index is 1.65. The van der Waals surface area contributed by atoms with Gasteiger partial charge in [0.15, 0.2) is 0 Å². The number of carbonyl (C=O) groups is 3. The first-order chi connectivity index (χ1) is 16.6. The number of nitrogens with one attached hydrogen (secondary N) is 1. The number of carbonyl (C=O) groups excluding carboxylic acids is 3. The molecule has 1 atom stereocenters. The van der Waals surface area contributed by atoms with Crippen LogP contribution >= 0.6 is 0 Å². The Kier molecular flexibility index (Phi) is 8.67. The molecule has 0 spiro atoms. The molecular weight excluding hydrogens is 466 g/mol. The fourth-order valence-electron chi connectivity index (χ4n) is 3.99. The molecule has 1 N–H and O–H groups in total. The zero-order valence-corrected chi connectivity index (χ0v) is 21.3. The van der Waals surface area contributed by atoms with Gasteiger partial charge in [0.05, 0.1) is 5.56 Å². The fourth-order valence-corrected chi connectivity index (χ4v) is 5.60. The summed E-state index contributed by atoms with van der Waals surface area (Å²) in [5, 5.41) is 2.88. The van der Waals surface area contributed by atoms with Crippen LogP contribution in [0.3, 0.4) is 0 Å². The van der Waals surface area contributed by atoms with Crippen molar-refractivity contribution in [2.45, 2.75) is 51.0 Å². The minimum Gasteiger partial charge on any atom is -0.354 e. The fraction of sp³-hybridized carbons (Fsp3) is 0.423. The molecule has 0 bridgehead atoms. The van der Waals surface area contributed by atoms with Crippen molar-refractivity contribution in [1.82, 2.24) is 14.5 Å². The van der Waals surface area contributed by atoms with E-state index >= 15 is 0 Å². The molecule has 0 saturated carbocycles. The molecule has 9 heteroatoms. The molecule has 0 saturated heterocycles. The normalized spacial score (nSPS) is 15.1. The third kappa shape index (κ3) is 6.28. The van der Waals surface area contributed by atoms with Crippen molar-refractivity contribution >= 4 is 27.7 Å². The standard InChI is InChI=1S/C26H33N3O5S/c1-19(2)18-27-25(31)20(3)28(17-15-21-10-5-4-6-11-21)24(30)14-9-16-29-26(32)22-12-7-8-13-23(22)35(29,33)34/h4-8,10-13,19-20H,9,14-18H2,1-3H3,(H,27,31). The number of fused-ring (bicyclic) bond motifs is 1. The summed E-state index contributed by atoms with van der Waals surface area (Å²) in [6.07, 6.45) is 0.773. The first-order valence-electron chi connectivity index (χ1n) is 11.9. The molecule has 35 heavy (non-hydrogen) atoms. The maximum Gasteiger partial charge on any atom is 0.269 e. The summed E-state index contributed by atoms with van der Waals surface area (Å²) in [6, 6.07) is 15.1. The molecule has 1 aliphatic heterocycles. The number of hydrogen-bond donors (Lipinski definition) is 1. The maximum absolute atomic E-state index is 13.2. The Morgan fingerprint density at radius 3 is 2.31 bits per heavy atom. The highest BCUT2D eigenvalue weighted by molar-refractivity contribution is 7.90. The Labute approximate surface area is 207 Å². The lowest BCUT2D eigenvalue weighted by Crippen LogP contribution is -2.49. The minimum absolute atomic E-state index is 0.00346. The summed E-state index contributed by atoms with van der Waals surface area (Å²) in [7, 11) is -3.91. The molecular formula is C26H33N3O5S. The van der Waals surface area contributed by atoms with E-state index in [9.17, 15) is 22.8 Å². The molecule has 2 aromatic rings. The van der Waals surface area contributed by atoms with Crippen molar-refractivity contribution in [1.29, 1.82) is 0 Å². The molecule has 1 unspecified atom stereocenters. The number of hydrogen-bond acceptors (Lipinski definition) is 5. The van der Waals surface area contributed by atoms with Crippen LogP contribution in [0.2, 0.25) is 0 Å². The van der Waals surface area contributed by atoms with Gasteiger partial charge in [-0.2, -0.15) is 0 Å². The highest BCUT2D eigenvalue weighted by Gasteiger charge is 2.40. The van der Waals surface area contributed by atoms with Crippen molar-refractivity contribution in [2.24, 2.45) is 5.92 Å². The summed E-state index contributed by atoms with van der Waals surface area (Å²) in [5.41, 5.74) is 1.20. The van der Waals surface area contributed by atoms with Gasteiger partial charge >= 0.3 is 0 Å². The van der Waals surface area contributed by atoms with Crippen molar-refractivity contribution in [3.05, 3.63) is 65.7 Å². The molecule has 8 nitrogen and oxygen atoms in total. The molecule has 0 aromatic heterocycles.